The van der Waals surface area contributed by atoms with Crippen molar-refractivity contribution in [2.45, 2.75) is 33.1 Å². The predicted molar refractivity (Wildman–Crippen MR) is 76.4 cm³/mol. The summed E-state index contributed by atoms with van der Waals surface area (Å²) in [7, 11) is 1.90. The first-order valence-electron chi connectivity index (χ1n) is 6.78. The molecule has 19 heavy (non-hydrogen) atoms. The number of aryl methyl sites for hydroxylation is 3. The monoisotopic (exact) mass is 256 g/mol. The summed E-state index contributed by atoms with van der Waals surface area (Å²) in [5, 5.41) is 4.38. The molecule has 0 aliphatic carbocycles. The highest BCUT2D eigenvalue weighted by Gasteiger charge is 2.13. The Morgan fingerprint density at radius 1 is 1.21 bits per heavy atom. The van der Waals surface area contributed by atoms with Gasteiger partial charge in [-0.3, -0.25) is 9.48 Å². The van der Waals surface area contributed by atoms with E-state index in [9.17, 15) is 4.79 Å². The van der Waals surface area contributed by atoms with Crippen LogP contribution in [0.4, 0.5) is 0 Å². The van der Waals surface area contributed by atoms with Crippen molar-refractivity contribution >= 4 is 5.78 Å². The molecule has 3 heteroatoms. The number of ketones is 1. The number of rotatable bonds is 5. The van der Waals surface area contributed by atoms with E-state index in [-0.39, 0.29) is 5.78 Å². The van der Waals surface area contributed by atoms with Gasteiger partial charge in [-0.1, -0.05) is 38.1 Å². The van der Waals surface area contributed by atoms with Gasteiger partial charge in [0.25, 0.3) is 0 Å². The third kappa shape index (κ3) is 2.92. The highest BCUT2D eigenvalue weighted by molar-refractivity contribution is 5.98. The van der Waals surface area contributed by atoms with Crippen LogP contribution in [0.15, 0.2) is 30.3 Å². The molecule has 0 saturated carbocycles. The van der Waals surface area contributed by atoms with Gasteiger partial charge in [-0.2, -0.15) is 5.10 Å². The second kappa shape index (κ2) is 5.83. The fraction of sp³-hybridized carbons (Fsp3) is 0.375. The van der Waals surface area contributed by atoms with Crippen molar-refractivity contribution in [2.75, 3.05) is 0 Å². The molecular weight excluding hydrogens is 236 g/mol. The van der Waals surface area contributed by atoms with E-state index in [4.69, 9.17) is 0 Å². The molecule has 0 radical (unpaired) electrons. The Bertz CT molecular complexity index is 584. The molecule has 100 valence electrons. The number of hydrogen-bond acceptors (Lipinski definition) is 2. The van der Waals surface area contributed by atoms with Gasteiger partial charge in [-0.05, 0) is 24.5 Å². The fourth-order valence-corrected chi connectivity index (χ4v) is 2.27. The van der Waals surface area contributed by atoms with E-state index in [1.807, 2.05) is 42.1 Å². The van der Waals surface area contributed by atoms with Gasteiger partial charge < -0.3 is 0 Å². The second-order valence-corrected chi connectivity index (χ2v) is 4.71. The predicted octanol–water partition coefficient (Wildman–Crippen LogP) is 2.97. The van der Waals surface area contributed by atoms with E-state index in [0.717, 1.165) is 35.4 Å². The van der Waals surface area contributed by atoms with Crippen LogP contribution in [0.1, 0.15) is 41.2 Å². The van der Waals surface area contributed by atoms with Crippen LogP contribution in [-0.4, -0.2) is 15.6 Å². The lowest BCUT2D eigenvalue weighted by Crippen LogP contribution is -2.10. The van der Waals surface area contributed by atoms with Crippen molar-refractivity contribution in [3.05, 3.63) is 52.8 Å². The average molecular weight is 256 g/mol. The Morgan fingerprint density at radius 3 is 2.58 bits per heavy atom. The van der Waals surface area contributed by atoms with Crippen LogP contribution in [-0.2, 0) is 26.3 Å². The normalized spacial score (nSPS) is 10.7. The Labute approximate surface area is 114 Å². The van der Waals surface area contributed by atoms with Crippen LogP contribution in [0, 0.1) is 0 Å². The maximum atomic E-state index is 12.4. The molecule has 1 aromatic heterocycles. The number of benzene rings is 1. The molecule has 3 nitrogen and oxygen atoms in total. The van der Waals surface area contributed by atoms with Crippen molar-refractivity contribution < 1.29 is 4.79 Å². The number of Topliss-reactive ketones (excluding diaryl/α,β-unsaturated/α-hetero) is 1. The van der Waals surface area contributed by atoms with E-state index in [2.05, 4.69) is 18.9 Å². The lowest BCUT2D eigenvalue weighted by atomic mass is 9.99. The lowest BCUT2D eigenvalue weighted by molar-refractivity contribution is 0.0990. The van der Waals surface area contributed by atoms with E-state index in [0.29, 0.717) is 6.42 Å². The summed E-state index contributed by atoms with van der Waals surface area (Å²) in [6.07, 6.45) is 2.20. The zero-order valence-corrected chi connectivity index (χ0v) is 11.8. The van der Waals surface area contributed by atoms with Crippen molar-refractivity contribution in [2.24, 2.45) is 7.05 Å². The minimum atomic E-state index is 0.170. The highest BCUT2D eigenvalue weighted by atomic mass is 16.1. The van der Waals surface area contributed by atoms with Gasteiger partial charge in [0.1, 0.15) is 0 Å². The maximum absolute atomic E-state index is 12.4. The van der Waals surface area contributed by atoms with Gasteiger partial charge in [0.05, 0.1) is 12.1 Å². The molecule has 0 unspecified atom stereocenters. The van der Waals surface area contributed by atoms with E-state index >= 15 is 0 Å². The van der Waals surface area contributed by atoms with Gasteiger partial charge in [-0.15, -0.1) is 0 Å². The van der Waals surface area contributed by atoms with Crippen molar-refractivity contribution in [1.82, 2.24) is 9.78 Å². The zero-order valence-electron chi connectivity index (χ0n) is 11.8. The maximum Gasteiger partial charge on any atom is 0.169 e. The van der Waals surface area contributed by atoms with E-state index < -0.39 is 0 Å². The first-order valence-corrected chi connectivity index (χ1v) is 6.78. The van der Waals surface area contributed by atoms with Crippen LogP contribution in [0.2, 0.25) is 0 Å². The molecule has 0 bridgehead atoms. The number of carbonyl (C=O) groups is 1. The fourth-order valence-electron chi connectivity index (χ4n) is 2.27. The SMILES string of the molecule is CCc1cc(CC(=O)c2ccccc2CC)n(C)n1. The van der Waals surface area contributed by atoms with Crippen molar-refractivity contribution in [3.63, 3.8) is 0 Å². The molecule has 0 N–H and O–H groups in total. The summed E-state index contributed by atoms with van der Waals surface area (Å²) >= 11 is 0. The van der Waals surface area contributed by atoms with Gasteiger partial charge >= 0.3 is 0 Å². The third-order valence-electron chi connectivity index (χ3n) is 3.43. The minimum absolute atomic E-state index is 0.170. The summed E-state index contributed by atoms with van der Waals surface area (Å²) in [5.74, 6) is 0.170. The Hall–Kier alpha value is -1.90. The highest BCUT2D eigenvalue weighted by Crippen LogP contribution is 2.14. The molecule has 0 aliphatic heterocycles. The van der Waals surface area contributed by atoms with Crippen LogP contribution in [0.3, 0.4) is 0 Å². The molecule has 1 heterocycles. The molecular formula is C16H20N2O. The Kier molecular flexibility index (Phi) is 4.15. The molecule has 2 aromatic rings. The Balaban J connectivity index is 2.23. The molecule has 0 spiro atoms. The molecule has 0 fully saturated rings. The molecule has 0 atom stereocenters. The van der Waals surface area contributed by atoms with Gasteiger partial charge in [-0.25, -0.2) is 0 Å². The first kappa shape index (κ1) is 13.5. The largest absolute Gasteiger partial charge is 0.294 e. The van der Waals surface area contributed by atoms with Gasteiger partial charge in [0.2, 0.25) is 0 Å². The topological polar surface area (TPSA) is 34.9 Å². The van der Waals surface area contributed by atoms with Crippen LogP contribution >= 0.6 is 0 Å². The third-order valence-corrected chi connectivity index (χ3v) is 3.43. The van der Waals surface area contributed by atoms with E-state index in [1.165, 1.54) is 0 Å². The Morgan fingerprint density at radius 2 is 1.95 bits per heavy atom. The summed E-state index contributed by atoms with van der Waals surface area (Å²) in [6, 6.07) is 9.86. The molecule has 0 aliphatic rings. The zero-order chi connectivity index (χ0) is 13.8. The number of hydrogen-bond donors (Lipinski definition) is 0. The first-order chi connectivity index (χ1) is 9.15. The van der Waals surface area contributed by atoms with E-state index in [1.54, 1.807) is 0 Å². The van der Waals surface area contributed by atoms with Crippen LogP contribution in [0.25, 0.3) is 0 Å². The summed E-state index contributed by atoms with van der Waals surface area (Å²) in [5.41, 5.74) is 3.97. The standard InChI is InChI=1S/C16H20N2O/c1-4-12-8-6-7-9-15(12)16(19)11-14-10-13(5-2)17-18(14)3/h6-10H,4-5,11H2,1-3H3. The number of nitrogens with zero attached hydrogens (tertiary/aromatic N) is 2. The number of aromatic nitrogens is 2. The summed E-state index contributed by atoms with van der Waals surface area (Å²) in [6.45, 7) is 4.14. The van der Waals surface area contributed by atoms with Crippen LogP contribution in [0.5, 0.6) is 0 Å². The number of carbonyl (C=O) groups excluding carboxylic acids is 1. The molecule has 1 aromatic carbocycles. The molecule has 2 rings (SSSR count). The molecule has 0 amide bonds. The summed E-state index contributed by atoms with van der Waals surface area (Å²) < 4.78 is 1.81. The smallest absolute Gasteiger partial charge is 0.169 e. The lowest BCUT2D eigenvalue weighted by Gasteiger charge is -2.06. The van der Waals surface area contributed by atoms with Gasteiger partial charge in [0, 0.05) is 18.3 Å². The van der Waals surface area contributed by atoms with Gasteiger partial charge in [0.15, 0.2) is 5.78 Å². The minimum Gasteiger partial charge on any atom is -0.294 e. The quantitative estimate of drug-likeness (QED) is 0.771. The molecule has 0 saturated heterocycles. The van der Waals surface area contributed by atoms with Crippen LogP contribution < -0.4 is 0 Å². The average Bonchev–Trinajstić information content (AvgIpc) is 2.79. The summed E-state index contributed by atoms with van der Waals surface area (Å²) in [4.78, 5) is 12.4. The van der Waals surface area contributed by atoms with Crippen molar-refractivity contribution in [1.29, 1.82) is 0 Å². The second-order valence-electron chi connectivity index (χ2n) is 4.71. The van der Waals surface area contributed by atoms with Crippen molar-refractivity contribution in [3.8, 4) is 0 Å².